The summed E-state index contributed by atoms with van der Waals surface area (Å²) in [6.07, 6.45) is 0. The van der Waals surface area contributed by atoms with Gasteiger partial charge in [-0.3, -0.25) is 4.79 Å². The van der Waals surface area contributed by atoms with Gasteiger partial charge in [0.2, 0.25) is 0 Å². The molecule has 0 aliphatic carbocycles. The average Bonchev–Trinajstić information content (AvgIpc) is 3.32. The van der Waals surface area contributed by atoms with Gasteiger partial charge in [-0.2, -0.15) is 0 Å². The molecule has 4 nitrogen and oxygen atoms in total. The molecule has 0 amide bonds. The number of carbonyl (C=O) groups is 1. The van der Waals surface area contributed by atoms with Crippen LogP contribution in [-0.4, -0.2) is 5.78 Å². The Morgan fingerprint density at radius 2 is 0.689 bits per heavy atom. The van der Waals surface area contributed by atoms with E-state index in [0.29, 0.717) is 40.5 Å². The van der Waals surface area contributed by atoms with Gasteiger partial charge in [0.1, 0.15) is 17.2 Å². The van der Waals surface area contributed by atoms with Gasteiger partial charge in [0.15, 0.2) is 5.78 Å². The van der Waals surface area contributed by atoms with E-state index in [1.165, 1.54) is 43.8 Å². The molecule has 0 aliphatic rings. The number of rotatable bonds is 20. The maximum atomic E-state index is 13.7. The fourth-order valence-electron chi connectivity index (χ4n) is 9.39. The van der Waals surface area contributed by atoms with Gasteiger partial charge < -0.3 is 13.6 Å². The Kier molecular flexibility index (Phi) is 16.9. The quantitative estimate of drug-likeness (QED) is 0.0565. The molecule has 0 fully saturated rings. The molecule has 0 aliphatic heterocycles. The third kappa shape index (κ3) is 11.4. The molecular formula is C69H95O4P. The molecule has 74 heavy (non-hydrogen) atoms. The van der Waals surface area contributed by atoms with Crippen LogP contribution in [0.4, 0.5) is 0 Å². The molecule has 0 radical (unpaired) electrons. The van der Waals surface area contributed by atoms with E-state index >= 15 is 0 Å². The molecule has 0 saturated heterocycles. The minimum Gasteiger partial charge on any atom is -0.409 e. The Hall–Kier alpha value is -4.66. The summed E-state index contributed by atoms with van der Waals surface area (Å²) in [6.45, 7) is 56.2. The van der Waals surface area contributed by atoms with Crippen molar-refractivity contribution >= 4 is 35.9 Å². The van der Waals surface area contributed by atoms with Crippen LogP contribution in [0.25, 0.3) is 21.5 Å². The molecule has 0 unspecified atom stereocenters. The van der Waals surface area contributed by atoms with E-state index in [1.807, 2.05) is 54.6 Å². The molecule has 6 rings (SSSR count). The first-order valence-corrected chi connectivity index (χ1v) is 29.0. The van der Waals surface area contributed by atoms with Gasteiger partial charge in [-0.15, -0.1) is 0 Å². The average molecular weight is 1020 g/mol. The zero-order valence-corrected chi connectivity index (χ0v) is 51.3. The van der Waals surface area contributed by atoms with E-state index in [1.54, 1.807) is 0 Å². The lowest BCUT2D eigenvalue weighted by Crippen LogP contribution is -2.29. The lowest BCUT2D eigenvalue weighted by Gasteiger charge is -2.37. The van der Waals surface area contributed by atoms with Crippen molar-refractivity contribution < 1.29 is 18.4 Å². The normalized spacial score (nSPS) is 13.5. The van der Waals surface area contributed by atoms with Crippen LogP contribution in [0.15, 0.2) is 103 Å². The first-order valence-electron chi connectivity index (χ1n) is 27.9. The fourth-order valence-corrected chi connectivity index (χ4v) is 10.4. The van der Waals surface area contributed by atoms with Crippen molar-refractivity contribution in [3.63, 3.8) is 0 Å². The third-order valence-corrected chi connectivity index (χ3v) is 20.8. The van der Waals surface area contributed by atoms with Crippen LogP contribution in [0.5, 0.6) is 17.2 Å². The Bertz CT molecular complexity index is 2790. The van der Waals surface area contributed by atoms with E-state index in [2.05, 4.69) is 215 Å². The highest BCUT2D eigenvalue weighted by Gasteiger charge is 2.38. The number of benzene rings is 6. The van der Waals surface area contributed by atoms with Crippen LogP contribution in [0, 0.1) is 35.5 Å². The number of ketones is 1. The number of fused-ring (bicyclic) bond motifs is 2. The van der Waals surface area contributed by atoms with Gasteiger partial charge in [0.25, 0.3) is 0 Å². The van der Waals surface area contributed by atoms with Crippen LogP contribution in [0.2, 0.25) is 0 Å². The van der Waals surface area contributed by atoms with Crippen molar-refractivity contribution in [2.24, 2.45) is 35.5 Å². The lowest BCUT2D eigenvalue weighted by atomic mass is 9.68. The van der Waals surface area contributed by atoms with E-state index in [0.717, 1.165) is 22.6 Å². The highest BCUT2D eigenvalue weighted by atomic mass is 31.2. The summed E-state index contributed by atoms with van der Waals surface area (Å²) in [5.41, 5.74) is 7.78. The fraction of sp³-hybridized carbons (Fsp3) is 0.522. The standard InChI is InChI=1S/C69H95O4P/c1-42(2)64(13,14)52-34-50-36-59(68(21,22)46(9)10)61(40-55(50)57(38-52)66(17,18)44(5)6)72-74(71-54-32-30-49(31-33-54)63(70)48-28-26-25-27-29-48)73-62-41-56-51(37-60(62)69(23,24)47(11)12)35-53(65(15,16)43(3)4)39-58(56)67(19,20)45(7)8/h25-47H,1-24H3. The predicted molar refractivity (Wildman–Crippen MR) is 320 cm³/mol. The molecule has 0 bridgehead atoms. The lowest BCUT2D eigenvalue weighted by molar-refractivity contribution is 0.103. The van der Waals surface area contributed by atoms with Gasteiger partial charge in [0.05, 0.1) is 0 Å². The highest BCUT2D eigenvalue weighted by molar-refractivity contribution is 7.43. The van der Waals surface area contributed by atoms with E-state index in [-0.39, 0.29) is 50.1 Å². The summed E-state index contributed by atoms with van der Waals surface area (Å²) in [6, 6.07) is 36.1. The van der Waals surface area contributed by atoms with E-state index in [9.17, 15) is 4.79 Å². The molecule has 6 aromatic carbocycles. The van der Waals surface area contributed by atoms with E-state index < -0.39 is 8.60 Å². The summed E-state index contributed by atoms with van der Waals surface area (Å²) < 4.78 is 22.2. The summed E-state index contributed by atoms with van der Waals surface area (Å²) in [5, 5.41) is 4.79. The smallest absolute Gasteiger partial charge is 0.409 e. The predicted octanol–water partition coefficient (Wildman–Crippen LogP) is 20.6. The molecule has 400 valence electrons. The summed E-state index contributed by atoms with van der Waals surface area (Å²) in [7, 11) is -2.19. The zero-order valence-electron chi connectivity index (χ0n) is 50.4. The molecule has 0 aromatic heterocycles. The maximum Gasteiger partial charge on any atom is 0.530 e. The summed E-state index contributed by atoms with van der Waals surface area (Å²) in [5.74, 6) is 4.19. The van der Waals surface area contributed by atoms with Gasteiger partial charge in [0, 0.05) is 22.3 Å². The van der Waals surface area contributed by atoms with Gasteiger partial charge in [-0.25, -0.2) is 0 Å². The minimum atomic E-state index is -2.19. The SMILES string of the molecule is CC(C)C(C)(C)c1cc(C(C)(C)C(C)C)c2cc(OP(Oc3ccc(C(=O)c4ccccc4)cc3)Oc3cc4c(C(C)(C)C(C)C)cc(C(C)(C)C(C)C)cc4cc3C(C)(C)C(C)C)c(C(C)(C)C(C)C)cc2c1. The zero-order chi connectivity index (χ0) is 55.4. The molecular weight excluding hydrogens is 924 g/mol. The Labute approximate surface area is 451 Å². The van der Waals surface area contributed by atoms with Crippen molar-refractivity contribution in [3.05, 3.63) is 148 Å². The molecule has 5 heteroatoms. The number of hydrogen-bond donors (Lipinski definition) is 0. The maximum absolute atomic E-state index is 13.7. The van der Waals surface area contributed by atoms with Gasteiger partial charge in [-0.05, 0) is 160 Å². The second-order valence-electron chi connectivity index (χ2n) is 27.2. The molecule has 6 aromatic rings. The molecule has 0 spiro atoms. The van der Waals surface area contributed by atoms with Crippen molar-refractivity contribution in [1.82, 2.24) is 0 Å². The monoisotopic (exact) mass is 1020 g/mol. The minimum absolute atomic E-state index is 0.0412. The summed E-state index contributed by atoms with van der Waals surface area (Å²) >= 11 is 0. The number of carbonyl (C=O) groups excluding carboxylic acids is 1. The van der Waals surface area contributed by atoms with E-state index in [4.69, 9.17) is 13.6 Å². The van der Waals surface area contributed by atoms with Crippen LogP contribution < -0.4 is 13.6 Å². The van der Waals surface area contributed by atoms with Gasteiger partial charge >= 0.3 is 8.60 Å². The van der Waals surface area contributed by atoms with Crippen LogP contribution >= 0.6 is 8.60 Å². The van der Waals surface area contributed by atoms with Gasteiger partial charge in [-0.1, -0.05) is 221 Å². The van der Waals surface area contributed by atoms with Crippen LogP contribution in [-0.2, 0) is 32.5 Å². The summed E-state index contributed by atoms with van der Waals surface area (Å²) in [4.78, 5) is 13.7. The molecule has 0 atom stereocenters. The van der Waals surface area contributed by atoms with Crippen LogP contribution in [0.1, 0.15) is 215 Å². The largest absolute Gasteiger partial charge is 0.530 e. The van der Waals surface area contributed by atoms with Crippen molar-refractivity contribution in [3.8, 4) is 17.2 Å². The first-order chi connectivity index (χ1) is 34.1. The number of hydrogen-bond acceptors (Lipinski definition) is 4. The van der Waals surface area contributed by atoms with Crippen molar-refractivity contribution in [2.75, 3.05) is 0 Å². The third-order valence-electron chi connectivity index (χ3n) is 19.7. The second kappa shape index (κ2) is 21.4. The first kappa shape index (κ1) is 58.6. The molecule has 0 saturated carbocycles. The Morgan fingerprint density at radius 3 is 1.03 bits per heavy atom. The highest BCUT2D eigenvalue weighted by Crippen LogP contribution is 2.53. The topological polar surface area (TPSA) is 44.8 Å². The van der Waals surface area contributed by atoms with Crippen molar-refractivity contribution in [1.29, 1.82) is 0 Å². The van der Waals surface area contributed by atoms with Crippen molar-refractivity contribution in [2.45, 2.75) is 199 Å². The Balaban J connectivity index is 1.68. The Morgan fingerprint density at radius 1 is 0.365 bits per heavy atom. The van der Waals surface area contributed by atoms with Crippen LogP contribution in [0.3, 0.4) is 0 Å². The molecule has 0 heterocycles. The molecule has 0 N–H and O–H groups in total. The second-order valence-corrected chi connectivity index (χ2v) is 28.2.